The number of alkyl halides is 3. The lowest BCUT2D eigenvalue weighted by atomic mass is 10.1. The summed E-state index contributed by atoms with van der Waals surface area (Å²) in [5.74, 6) is -0.0429. The molecule has 182 valence electrons. The van der Waals surface area contributed by atoms with Crippen molar-refractivity contribution < 1.29 is 30.6 Å². The monoisotopic (exact) mass is 486 g/mol. The number of hydrogen-bond acceptors (Lipinski definition) is 4. The Labute approximate surface area is 192 Å². The van der Waals surface area contributed by atoms with Crippen LogP contribution >= 0.6 is 0 Å². The first-order valence-corrected chi connectivity index (χ1v) is 12.1. The summed E-state index contributed by atoms with van der Waals surface area (Å²) in [6.45, 7) is 6.86. The van der Waals surface area contributed by atoms with Crippen LogP contribution in [0.15, 0.2) is 53.4 Å². The van der Waals surface area contributed by atoms with Gasteiger partial charge in [0.05, 0.1) is 5.56 Å². The Morgan fingerprint density at radius 1 is 1.12 bits per heavy atom. The number of amides is 2. The molecule has 0 aliphatic heterocycles. The van der Waals surface area contributed by atoms with Gasteiger partial charge < -0.3 is 14.4 Å². The third kappa shape index (κ3) is 7.66. The van der Waals surface area contributed by atoms with Crippen LogP contribution in [0.1, 0.15) is 51.2 Å². The van der Waals surface area contributed by atoms with E-state index >= 15 is 0 Å². The molecule has 0 saturated heterocycles. The third-order valence-electron chi connectivity index (χ3n) is 5.12. The average molecular weight is 487 g/mol. The van der Waals surface area contributed by atoms with Crippen molar-refractivity contribution in [1.29, 1.82) is 0 Å². The molecule has 2 rings (SSSR count). The molecule has 0 spiro atoms. The van der Waals surface area contributed by atoms with Crippen LogP contribution in [0, 0.1) is 0 Å². The fourth-order valence-corrected chi connectivity index (χ4v) is 3.95. The van der Waals surface area contributed by atoms with Gasteiger partial charge in [0, 0.05) is 19.1 Å². The van der Waals surface area contributed by atoms with Crippen molar-refractivity contribution in [2.45, 2.75) is 63.7 Å². The Hall–Kier alpha value is -2.75. The molecule has 2 amide bonds. The zero-order valence-corrected chi connectivity index (χ0v) is 19.7. The first-order chi connectivity index (χ1) is 15.5. The highest BCUT2D eigenvalue weighted by Gasteiger charge is 2.32. The Balaban J connectivity index is 2.13. The minimum Gasteiger partial charge on any atom is -0.379 e. The standard InChI is InChI=1S/C23H29F3N2O4S/c1-4-6-14-27-22(29)28(17(3)5-2)16-18-10-12-20(13-11-18)32-33(30,31)21-9-7-8-19(15-21)23(24,25)26/h7-13,15,17H,4-6,14,16H2,1-3H3,(H,27,29). The average Bonchev–Trinajstić information content (AvgIpc) is 2.77. The predicted octanol–water partition coefficient (Wildman–Crippen LogP) is 5.58. The minimum atomic E-state index is -4.67. The number of nitrogens with one attached hydrogen (secondary N) is 1. The van der Waals surface area contributed by atoms with Crippen molar-refractivity contribution in [3.8, 4) is 5.75 Å². The van der Waals surface area contributed by atoms with Crippen LogP contribution in [0.4, 0.5) is 18.0 Å². The number of carbonyl (C=O) groups excluding carboxylic acids is 1. The van der Waals surface area contributed by atoms with Gasteiger partial charge in [-0.05, 0) is 55.7 Å². The van der Waals surface area contributed by atoms with E-state index in [4.69, 9.17) is 4.18 Å². The highest BCUT2D eigenvalue weighted by molar-refractivity contribution is 7.87. The SMILES string of the molecule is CCCCNC(=O)N(Cc1ccc(OS(=O)(=O)c2cccc(C(F)(F)F)c2)cc1)C(C)CC. The van der Waals surface area contributed by atoms with Crippen molar-refractivity contribution in [3.05, 3.63) is 59.7 Å². The Morgan fingerprint density at radius 2 is 1.79 bits per heavy atom. The molecular weight excluding hydrogens is 457 g/mol. The highest BCUT2D eigenvalue weighted by Crippen LogP contribution is 2.31. The summed E-state index contributed by atoms with van der Waals surface area (Å²) in [6.07, 6.45) is -2.06. The highest BCUT2D eigenvalue weighted by atomic mass is 32.2. The Morgan fingerprint density at radius 3 is 2.36 bits per heavy atom. The zero-order valence-electron chi connectivity index (χ0n) is 18.9. The van der Waals surface area contributed by atoms with Crippen molar-refractivity contribution in [1.82, 2.24) is 10.2 Å². The summed E-state index contributed by atoms with van der Waals surface area (Å²) < 4.78 is 68.5. The van der Waals surface area contributed by atoms with Gasteiger partial charge >= 0.3 is 22.3 Å². The molecule has 1 atom stereocenters. The normalized spacial score (nSPS) is 12.8. The lowest BCUT2D eigenvalue weighted by molar-refractivity contribution is -0.137. The second-order valence-electron chi connectivity index (χ2n) is 7.68. The second kappa shape index (κ2) is 11.4. The first kappa shape index (κ1) is 26.5. The van der Waals surface area contributed by atoms with Crippen LogP contribution in [0.3, 0.4) is 0 Å². The molecule has 0 bridgehead atoms. The topological polar surface area (TPSA) is 75.7 Å². The fraction of sp³-hybridized carbons (Fsp3) is 0.435. The van der Waals surface area contributed by atoms with Gasteiger partial charge in [0.25, 0.3) is 0 Å². The summed E-state index contributed by atoms with van der Waals surface area (Å²) in [6, 6.07) is 9.23. The van der Waals surface area contributed by atoms with Crippen molar-refractivity contribution in [3.63, 3.8) is 0 Å². The molecule has 2 aromatic rings. The van der Waals surface area contributed by atoms with Gasteiger partial charge in [-0.2, -0.15) is 21.6 Å². The minimum absolute atomic E-state index is 0.0103. The molecular formula is C23H29F3N2O4S. The largest absolute Gasteiger partial charge is 0.416 e. The third-order valence-corrected chi connectivity index (χ3v) is 6.37. The quantitative estimate of drug-likeness (QED) is 0.351. The van der Waals surface area contributed by atoms with Crippen molar-refractivity contribution in [2.75, 3.05) is 6.54 Å². The molecule has 33 heavy (non-hydrogen) atoms. The van der Waals surface area contributed by atoms with E-state index in [2.05, 4.69) is 5.32 Å². The van der Waals surface area contributed by atoms with Gasteiger partial charge in [-0.25, -0.2) is 4.79 Å². The summed E-state index contributed by atoms with van der Waals surface area (Å²) in [7, 11) is -4.45. The summed E-state index contributed by atoms with van der Waals surface area (Å²) >= 11 is 0. The predicted molar refractivity (Wildman–Crippen MR) is 119 cm³/mol. The molecule has 0 heterocycles. The first-order valence-electron chi connectivity index (χ1n) is 10.7. The smallest absolute Gasteiger partial charge is 0.379 e. The van der Waals surface area contributed by atoms with Gasteiger partial charge in [0.1, 0.15) is 10.6 Å². The van der Waals surface area contributed by atoms with Gasteiger partial charge in [-0.1, -0.05) is 38.5 Å². The van der Waals surface area contributed by atoms with Gasteiger partial charge in [-0.15, -0.1) is 0 Å². The molecule has 0 saturated carbocycles. The maximum atomic E-state index is 12.9. The van der Waals surface area contributed by atoms with Crippen LogP contribution < -0.4 is 9.50 Å². The van der Waals surface area contributed by atoms with E-state index in [1.165, 1.54) is 12.1 Å². The summed E-state index contributed by atoms with van der Waals surface area (Å²) in [4.78, 5) is 13.7. The molecule has 0 aliphatic carbocycles. The number of unbranched alkanes of at least 4 members (excludes halogenated alkanes) is 1. The second-order valence-corrected chi connectivity index (χ2v) is 9.22. The molecule has 6 nitrogen and oxygen atoms in total. The number of benzene rings is 2. The number of nitrogens with zero attached hydrogens (tertiary/aromatic N) is 1. The molecule has 2 aromatic carbocycles. The number of halogens is 3. The molecule has 0 aromatic heterocycles. The van der Waals surface area contributed by atoms with Crippen molar-refractivity contribution in [2.24, 2.45) is 0 Å². The van der Waals surface area contributed by atoms with E-state index in [9.17, 15) is 26.4 Å². The zero-order chi connectivity index (χ0) is 24.6. The Bertz CT molecular complexity index is 1020. The fourth-order valence-electron chi connectivity index (χ4n) is 2.97. The number of rotatable bonds is 10. The van der Waals surface area contributed by atoms with Crippen LogP contribution in [-0.4, -0.2) is 31.9 Å². The van der Waals surface area contributed by atoms with E-state index in [0.717, 1.165) is 43.0 Å². The van der Waals surface area contributed by atoms with Gasteiger partial charge in [0.2, 0.25) is 0 Å². The van der Waals surface area contributed by atoms with E-state index in [1.807, 2.05) is 20.8 Å². The summed E-state index contributed by atoms with van der Waals surface area (Å²) in [5.41, 5.74) is -0.324. The van der Waals surface area contributed by atoms with E-state index in [-0.39, 0.29) is 17.8 Å². The molecule has 1 unspecified atom stereocenters. The van der Waals surface area contributed by atoms with E-state index < -0.39 is 26.8 Å². The van der Waals surface area contributed by atoms with Crippen LogP contribution in [-0.2, 0) is 22.8 Å². The molecule has 0 aliphatic rings. The maximum absolute atomic E-state index is 12.9. The van der Waals surface area contributed by atoms with Crippen LogP contribution in [0.25, 0.3) is 0 Å². The van der Waals surface area contributed by atoms with Gasteiger partial charge in [0.15, 0.2) is 0 Å². The molecule has 1 N–H and O–H groups in total. The Kier molecular flexibility index (Phi) is 9.16. The van der Waals surface area contributed by atoms with Crippen LogP contribution in [0.5, 0.6) is 5.75 Å². The molecule has 0 fully saturated rings. The van der Waals surface area contributed by atoms with E-state index in [1.54, 1.807) is 17.0 Å². The maximum Gasteiger partial charge on any atom is 0.416 e. The molecule has 0 radical (unpaired) electrons. The number of hydrogen-bond donors (Lipinski definition) is 1. The number of carbonyl (C=O) groups is 1. The van der Waals surface area contributed by atoms with E-state index in [0.29, 0.717) is 19.2 Å². The molecule has 10 heteroatoms. The summed E-state index contributed by atoms with van der Waals surface area (Å²) in [5, 5.41) is 2.90. The van der Waals surface area contributed by atoms with Crippen molar-refractivity contribution >= 4 is 16.1 Å². The number of urea groups is 1. The van der Waals surface area contributed by atoms with Crippen LogP contribution in [0.2, 0.25) is 0 Å². The van der Waals surface area contributed by atoms with Gasteiger partial charge in [-0.3, -0.25) is 0 Å². The lowest BCUT2D eigenvalue weighted by Gasteiger charge is -2.29. The lowest BCUT2D eigenvalue weighted by Crippen LogP contribution is -2.44.